The van der Waals surface area contributed by atoms with Gasteiger partial charge in [-0.1, -0.05) is 19.1 Å². The molecule has 0 saturated carbocycles. The Morgan fingerprint density at radius 3 is 2.36 bits per heavy atom. The monoisotopic (exact) mass is 211 g/mol. The third-order valence-electron chi connectivity index (χ3n) is 1.75. The lowest BCUT2D eigenvalue weighted by Crippen LogP contribution is -2.16. The van der Waals surface area contributed by atoms with Gasteiger partial charge in [0.25, 0.3) is 0 Å². The van der Waals surface area contributed by atoms with Gasteiger partial charge >= 0.3 is 0 Å². The van der Waals surface area contributed by atoms with Gasteiger partial charge in [-0.25, -0.2) is 8.93 Å². The van der Waals surface area contributed by atoms with Gasteiger partial charge in [-0.05, 0) is 19.1 Å². The van der Waals surface area contributed by atoms with Crippen LogP contribution in [0.4, 0.5) is 0 Å². The van der Waals surface area contributed by atoms with Gasteiger partial charge in [0, 0.05) is 12.1 Å². The fourth-order valence-corrected chi connectivity index (χ4v) is 1.84. The summed E-state index contributed by atoms with van der Waals surface area (Å²) in [6.07, 6.45) is 0. The SMILES string of the molecule is CCNS(=O)c1ccc(C(C)=O)cc1. The van der Waals surface area contributed by atoms with Crippen LogP contribution in [0.3, 0.4) is 0 Å². The number of benzene rings is 1. The lowest BCUT2D eigenvalue weighted by atomic mass is 10.2. The first-order chi connectivity index (χ1) is 6.65. The molecule has 0 aromatic heterocycles. The highest BCUT2D eigenvalue weighted by atomic mass is 32.2. The number of rotatable bonds is 4. The summed E-state index contributed by atoms with van der Waals surface area (Å²) in [5.41, 5.74) is 0.641. The minimum Gasteiger partial charge on any atom is -0.295 e. The Bertz CT molecular complexity index is 346. The van der Waals surface area contributed by atoms with Gasteiger partial charge in [0.15, 0.2) is 5.78 Å². The molecular formula is C10H13NO2S. The van der Waals surface area contributed by atoms with E-state index in [0.29, 0.717) is 17.0 Å². The van der Waals surface area contributed by atoms with Crippen molar-refractivity contribution in [2.45, 2.75) is 18.7 Å². The van der Waals surface area contributed by atoms with Crippen LogP contribution in [0.5, 0.6) is 0 Å². The third kappa shape index (κ3) is 2.75. The summed E-state index contributed by atoms with van der Waals surface area (Å²) < 4.78 is 14.2. The summed E-state index contributed by atoms with van der Waals surface area (Å²) in [6, 6.07) is 6.78. The van der Waals surface area contributed by atoms with E-state index in [1.165, 1.54) is 6.92 Å². The molecule has 14 heavy (non-hydrogen) atoms. The number of carbonyl (C=O) groups excluding carboxylic acids is 1. The second-order valence-electron chi connectivity index (χ2n) is 2.85. The maximum Gasteiger partial charge on any atom is 0.159 e. The molecule has 0 radical (unpaired) electrons. The van der Waals surface area contributed by atoms with E-state index in [4.69, 9.17) is 0 Å². The van der Waals surface area contributed by atoms with Crippen molar-refractivity contribution in [3.63, 3.8) is 0 Å². The number of nitrogens with one attached hydrogen (secondary N) is 1. The molecule has 0 aliphatic heterocycles. The van der Waals surface area contributed by atoms with E-state index in [9.17, 15) is 9.00 Å². The van der Waals surface area contributed by atoms with Gasteiger partial charge in [0.1, 0.15) is 11.0 Å². The van der Waals surface area contributed by atoms with Crippen molar-refractivity contribution in [2.24, 2.45) is 0 Å². The van der Waals surface area contributed by atoms with Crippen molar-refractivity contribution in [1.82, 2.24) is 4.72 Å². The molecule has 1 aromatic carbocycles. The molecule has 0 fully saturated rings. The number of Topliss-reactive ketones (excluding diaryl/α,β-unsaturated/α-hetero) is 1. The van der Waals surface area contributed by atoms with Crippen LogP contribution < -0.4 is 4.72 Å². The summed E-state index contributed by atoms with van der Waals surface area (Å²) in [5, 5.41) is 0. The molecule has 1 unspecified atom stereocenters. The van der Waals surface area contributed by atoms with Crippen LogP contribution in [0, 0.1) is 0 Å². The van der Waals surface area contributed by atoms with Crippen molar-refractivity contribution in [1.29, 1.82) is 0 Å². The van der Waals surface area contributed by atoms with Gasteiger partial charge < -0.3 is 0 Å². The van der Waals surface area contributed by atoms with E-state index in [2.05, 4.69) is 4.72 Å². The van der Waals surface area contributed by atoms with E-state index in [-0.39, 0.29) is 5.78 Å². The average Bonchev–Trinajstić information content (AvgIpc) is 2.18. The fourth-order valence-electron chi connectivity index (χ4n) is 1.03. The van der Waals surface area contributed by atoms with Crippen LogP contribution in [-0.4, -0.2) is 16.5 Å². The standard InChI is InChI=1S/C10H13NO2S/c1-3-11-14(13)10-6-4-9(5-7-10)8(2)12/h4-7,11H,3H2,1-2H3. The molecule has 0 aliphatic rings. The fraction of sp³-hybridized carbons (Fsp3) is 0.300. The first kappa shape index (κ1) is 11.1. The van der Waals surface area contributed by atoms with E-state index in [0.717, 1.165) is 0 Å². The molecule has 0 spiro atoms. The third-order valence-corrected chi connectivity index (χ3v) is 3.00. The van der Waals surface area contributed by atoms with Gasteiger partial charge in [-0.2, -0.15) is 0 Å². The van der Waals surface area contributed by atoms with Gasteiger partial charge in [0.05, 0.1) is 4.90 Å². The molecule has 4 heteroatoms. The number of hydrogen-bond acceptors (Lipinski definition) is 2. The van der Waals surface area contributed by atoms with Crippen molar-refractivity contribution in [3.05, 3.63) is 29.8 Å². The molecule has 76 valence electrons. The molecule has 1 aromatic rings. The molecule has 3 nitrogen and oxygen atoms in total. The Labute approximate surface area is 86.1 Å². The largest absolute Gasteiger partial charge is 0.295 e. The summed E-state index contributed by atoms with van der Waals surface area (Å²) in [7, 11) is -1.17. The van der Waals surface area contributed by atoms with Crippen LogP contribution in [0.15, 0.2) is 29.2 Å². The highest BCUT2D eigenvalue weighted by Gasteiger charge is 2.03. The minimum absolute atomic E-state index is 0.0192. The molecule has 0 bridgehead atoms. The predicted molar refractivity (Wildman–Crippen MR) is 56.5 cm³/mol. The summed E-state index contributed by atoms with van der Waals surface area (Å²) in [4.78, 5) is 11.7. The van der Waals surface area contributed by atoms with Crippen LogP contribution in [-0.2, 0) is 11.0 Å². The van der Waals surface area contributed by atoms with Crippen LogP contribution in [0.25, 0.3) is 0 Å². The highest BCUT2D eigenvalue weighted by Crippen LogP contribution is 2.07. The average molecular weight is 211 g/mol. The lowest BCUT2D eigenvalue weighted by molar-refractivity contribution is 0.101. The molecule has 1 rings (SSSR count). The number of ketones is 1. The van der Waals surface area contributed by atoms with Crippen molar-refractivity contribution < 1.29 is 9.00 Å². The Balaban J connectivity index is 2.83. The zero-order valence-electron chi connectivity index (χ0n) is 8.24. The van der Waals surface area contributed by atoms with E-state index in [1.54, 1.807) is 24.3 Å². The van der Waals surface area contributed by atoms with Gasteiger partial charge in [-0.15, -0.1) is 0 Å². The molecule has 1 atom stereocenters. The van der Waals surface area contributed by atoms with Crippen LogP contribution in [0.2, 0.25) is 0 Å². The molecule has 0 heterocycles. The maximum atomic E-state index is 11.4. The second-order valence-corrected chi connectivity index (χ2v) is 4.14. The first-order valence-electron chi connectivity index (χ1n) is 4.41. The Morgan fingerprint density at radius 1 is 1.36 bits per heavy atom. The predicted octanol–water partition coefficient (Wildman–Crippen LogP) is 1.52. The highest BCUT2D eigenvalue weighted by molar-refractivity contribution is 7.83. The lowest BCUT2D eigenvalue weighted by Gasteiger charge is -2.02. The second kappa shape index (κ2) is 5.02. The van der Waals surface area contributed by atoms with Gasteiger partial charge in [-0.3, -0.25) is 4.79 Å². The van der Waals surface area contributed by atoms with Crippen molar-refractivity contribution in [2.75, 3.05) is 6.54 Å². The Hall–Kier alpha value is -1.00. The zero-order valence-corrected chi connectivity index (χ0v) is 9.06. The van der Waals surface area contributed by atoms with E-state index < -0.39 is 11.0 Å². The number of hydrogen-bond donors (Lipinski definition) is 1. The first-order valence-corrected chi connectivity index (χ1v) is 5.56. The van der Waals surface area contributed by atoms with E-state index in [1.807, 2.05) is 6.92 Å². The topological polar surface area (TPSA) is 46.2 Å². The smallest absolute Gasteiger partial charge is 0.159 e. The minimum atomic E-state index is -1.17. The number of carbonyl (C=O) groups is 1. The summed E-state index contributed by atoms with van der Waals surface area (Å²) in [6.45, 7) is 4.05. The molecule has 1 N–H and O–H groups in total. The van der Waals surface area contributed by atoms with Gasteiger partial charge in [0.2, 0.25) is 0 Å². The summed E-state index contributed by atoms with van der Waals surface area (Å²) >= 11 is 0. The Morgan fingerprint density at radius 2 is 1.93 bits per heavy atom. The molecule has 0 saturated heterocycles. The maximum absolute atomic E-state index is 11.4. The van der Waals surface area contributed by atoms with Crippen molar-refractivity contribution in [3.8, 4) is 0 Å². The molecular weight excluding hydrogens is 198 g/mol. The Kier molecular flexibility index (Phi) is 3.98. The normalized spacial score (nSPS) is 12.4. The summed E-state index contributed by atoms with van der Waals surface area (Å²) in [5.74, 6) is 0.0192. The quantitative estimate of drug-likeness (QED) is 0.767. The molecule has 0 amide bonds. The van der Waals surface area contributed by atoms with E-state index >= 15 is 0 Å². The van der Waals surface area contributed by atoms with Crippen LogP contribution >= 0.6 is 0 Å². The van der Waals surface area contributed by atoms with Crippen molar-refractivity contribution >= 4 is 16.8 Å². The molecule has 0 aliphatic carbocycles. The van der Waals surface area contributed by atoms with Crippen LogP contribution in [0.1, 0.15) is 24.2 Å². The zero-order chi connectivity index (χ0) is 10.6.